The molecular weight excluding hydrogens is 609 g/mol. The molecule has 0 bridgehead atoms. The van der Waals surface area contributed by atoms with Gasteiger partial charge >= 0.3 is 0 Å². The average molecular weight is 635 g/mol. The number of nitrogens with zero attached hydrogens (tertiary/aromatic N) is 4. The minimum atomic E-state index is 0.341. The molecule has 2 aromatic heterocycles. The predicted molar refractivity (Wildman–Crippen MR) is 200 cm³/mol. The highest BCUT2D eigenvalue weighted by Gasteiger charge is 2.21. The zero-order valence-corrected chi connectivity index (χ0v) is 26.4. The van der Waals surface area contributed by atoms with Gasteiger partial charge in [-0.2, -0.15) is 5.10 Å². The van der Waals surface area contributed by atoms with E-state index in [0.717, 1.165) is 49.7 Å². The number of hydrogen-bond donors (Lipinski definition) is 2. The molecule has 1 aliphatic carbocycles. The lowest BCUT2D eigenvalue weighted by Crippen LogP contribution is -2.19. The Bertz CT molecular complexity index is 2600. The molecule has 0 amide bonds. The van der Waals surface area contributed by atoms with E-state index in [1.54, 1.807) is 17.4 Å². The Morgan fingerprint density at radius 3 is 2.15 bits per heavy atom. The lowest BCUT2D eigenvalue weighted by Gasteiger charge is -2.18. The van der Waals surface area contributed by atoms with Crippen molar-refractivity contribution in [3.05, 3.63) is 151 Å². The summed E-state index contributed by atoms with van der Waals surface area (Å²) in [6, 6.07) is 45.1. The first-order valence-corrected chi connectivity index (χ1v) is 16.5. The van der Waals surface area contributed by atoms with E-state index in [1.165, 1.54) is 14.8 Å². The molecule has 0 spiro atoms. The van der Waals surface area contributed by atoms with E-state index in [4.69, 9.17) is 25.5 Å². The number of thiophene rings is 1. The van der Waals surface area contributed by atoms with Gasteiger partial charge in [0.15, 0.2) is 17.5 Å². The van der Waals surface area contributed by atoms with Gasteiger partial charge in [0, 0.05) is 42.4 Å². The monoisotopic (exact) mass is 634 g/mol. The highest BCUT2D eigenvalue weighted by molar-refractivity contribution is 7.25. The number of fused-ring (bicyclic) bond motifs is 6. The van der Waals surface area contributed by atoms with Crippen LogP contribution in [-0.4, -0.2) is 26.4 Å². The van der Waals surface area contributed by atoms with Crippen LogP contribution < -0.4 is 5.43 Å². The Kier molecular flexibility index (Phi) is 6.69. The van der Waals surface area contributed by atoms with Gasteiger partial charge in [-0.15, -0.1) is 11.3 Å². The second-order valence-corrected chi connectivity index (χ2v) is 12.7. The van der Waals surface area contributed by atoms with Crippen LogP contribution in [0.1, 0.15) is 11.1 Å². The first-order valence-electron chi connectivity index (χ1n) is 15.6. The van der Waals surface area contributed by atoms with E-state index in [0.29, 0.717) is 28.9 Å². The topological polar surface area (TPSA) is 86.9 Å². The van der Waals surface area contributed by atoms with Crippen LogP contribution in [0.15, 0.2) is 145 Å². The summed E-state index contributed by atoms with van der Waals surface area (Å²) in [5.41, 5.74) is 9.59. The normalized spacial score (nSPS) is 13.4. The van der Waals surface area contributed by atoms with Crippen molar-refractivity contribution >= 4 is 65.5 Å². The van der Waals surface area contributed by atoms with Crippen molar-refractivity contribution in [3.8, 4) is 34.2 Å². The Labute approximate surface area is 280 Å². The van der Waals surface area contributed by atoms with Crippen LogP contribution in [-0.2, 0) is 0 Å². The molecule has 226 valence electrons. The zero-order chi connectivity index (χ0) is 32.0. The lowest BCUT2D eigenvalue weighted by molar-refractivity contribution is 1.08. The second kappa shape index (κ2) is 11.5. The summed E-state index contributed by atoms with van der Waals surface area (Å²) in [6.07, 6.45) is 3.77. The predicted octanol–water partition coefficient (Wildman–Crippen LogP) is 10.3. The van der Waals surface area contributed by atoms with Crippen molar-refractivity contribution in [1.82, 2.24) is 15.0 Å². The molecule has 48 heavy (non-hydrogen) atoms. The molecule has 0 radical (unpaired) electrons. The standard InChI is InChI=1S/C41H26N6S/c42-33-23-22-26-20-18-25-19-21-28(24-32(25)36(26)38(33)47-46-29-12-5-2-6-13-29)40-43-39(27-10-3-1-4-11-27)44-41(45-40)31-15-9-17-35-37(31)30-14-7-8-16-34(30)48-35/h1-24,42,46H/b42-33?,47-38+. The summed E-state index contributed by atoms with van der Waals surface area (Å²) in [5.74, 6) is 1.82. The van der Waals surface area contributed by atoms with Crippen molar-refractivity contribution in [2.45, 2.75) is 0 Å². The summed E-state index contributed by atoms with van der Waals surface area (Å²) in [5, 5.41) is 17.9. The molecule has 2 heterocycles. The number of anilines is 1. The number of allylic oxidation sites excluding steroid dienone is 1. The van der Waals surface area contributed by atoms with Crippen molar-refractivity contribution in [2.24, 2.45) is 5.10 Å². The largest absolute Gasteiger partial charge is 0.299 e. The van der Waals surface area contributed by atoms with Crippen molar-refractivity contribution in [1.29, 1.82) is 5.41 Å². The van der Waals surface area contributed by atoms with Crippen molar-refractivity contribution < 1.29 is 0 Å². The zero-order valence-electron chi connectivity index (χ0n) is 25.6. The fraction of sp³-hybridized carbons (Fsp3) is 0. The van der Waals surface area contributed by atoms with Gasteiger partial charge in [-0.25, -0.2) is 15.0 Å². The average Bonchev–Trinajstić information content (AvgIpc) is 3.54. The van der Waals surface area contributed by atoms with E-state index in [-0.39, 0.29) is 0 Å². The minimum Gasteiger partial charge on any atom is -0.299 e. The third kappa shape index (κ3) is 4.85. The molecule has 0 saturated carbocycles. The van der Waals surface area contributed by atoms with E-state index in [9.17, 15) is 0 Å². The van der Waals surface area contributed by atoms with E-state index in [1.807, 2.05) is 66.7 Å². The summed E-state index contributed by atoms with van der Waals surface area (Å²) < 4.78 is 2.43. The van der Waals surface area contributed by atoms with Gasteiger partial charge in [-0.05, 0) is 52.7 Å². The second-order valence-electron chi connectivity index (χ2n) is 11.6. The van der Waals surface area contributed by atoms with Gasteiger partial charge in [0.25, 0.3) is 0 Å². The molecule has 1 aliphatic rings. The Morgan fingerprint density at radius 2 is 1.29 bits per heavy atom. The molecule has 0 atom stereocenters. The van der Waals surface area contributed by atoms with Crippen molar-refractivity contribution in [3.63, 3.8) is 0 Å². The van der Waals surface area contributed by atoms with Gasteiger partial charge in [-0.1, -0.05) is 109 Å². The quantitative estimate of drug-likeness (QED) is 0.185. The van der Waals surface area contributed by atoms with Crippen LogP contribution in [0, 0.1) is 5.41 Å². The molecule has 0 unspecified atom stereocenters. The van der Waals surface area contributed by atoms with Gasteiger partial charge in [0.2, 0.25) is 0 Å². The number of para-hydroxylation sites is 1. The summed E-state index contributed by atoms with van der Waals surface area (Å²) in [6.45, 7) is 0. The molecule has 2 N–H and O–H groups in total. The number of hydrogen-bond acceptors (Lipinski definition) is 7. The van der Waals surface area contributed by atoms with E-state index >= 15 is 0 Å². The summed E-state index contributed by atoms with van der Waals surface area (Å²) >= 11 is 1.78. The third-order valence-electron chi connectivity index (χ3n) is 8.61. The Balaban J connectivity index is 1.25. The van der Waals surface area contributed by atoms with Gasteiger partial charge < -0.3 is 0 Å². The number of nitrogens with one attached hydrogen (secondary N) is 2. The summed E-state index contributed by atoms with van der Waals surface area (Å²) in [4.78, 5) is 15.2. The summed E-state index contributed by atoms with van der Waals surface area (Å²) in [7, 11) is 0. The molecule has 9 rings (SSSR count). The van der Waals surface area contributed by atoms with Crippen LogP contribution in [0.5, 0.6) is 0 Å². The molecule has 6 nitrogen and oxygen atoms in total. The van der Waals surface area contributed by atoms with E-state index in [2.05, 4.69) is 78.2 Å². The first kappa shape index (κ1) is 28.0. The van der Waals surface area contributed by atoms with Crippen LogP contribution >= 0.6 is 11.3 Å². The lowest BCUT2D eigenvalue weighted by atomic mass is 9.88. The molecule has 8 aromatic rings. The maximum Gasteiger partial charge on any atom is 0.164 e. The maximum atomic E-state index is 8.80. The van der Waals surface area contributed by atoms with E-state index < -0.39 is 0 Å². The number of rotatable bonds is 5. The number of hydrazone groups is 1. The van der Waals surface area contributed by atoms with Crippen LogP contribution in [0.4, 0.5) is 5.69 Å². The fourth-order valence-corrected chi connectivity index (χ4v) is 7.45. The Morgan fingerprint density at radius 1 is 0.583 bits per heavy atom. The molecule has 7 heteroatoms. The molecule has 0 saturated heterocycles. The van der Waals surface area contributed by atoms with Crippen molar-refractivity contribution in [2.75, 3.05) is 5.43 Å². The number of benzene rings is 6. The molecular formula is C41H26N6S. The fourth-order valence-electron chi connectivity index (χ4n) is 6.32. The minimum absolute atomic E-state index is 0.341. The Hall–Kier alpha value is -6.31. The van der Waals surface area contributed by atoms with Gasteiger partial charge in [0.05, 0.1) is 11.4 Å². The van der Waals surface area contributed by atoms with Crippen LogP contribution in [0.2, 0.25) is 0 Å². The third-order valence-corrected chi connectivity index (χ3v) is 9.75. The SMILES string of the molecule is N=C1C=Cc2ccc3ccc(-c4nc(-c5ccccc5)nc(-c5cccc6sc7ccccc7c56)n4)cc3c2/C1=N/Nc1ccccc1. The smallest absolute Gasteiger partial charge is 0.164 e. The van der Waals surface area contributed by atoms with Crippen LogP contribution in [0.25, 0.3) is 71.2 Å². The highest BCUT2D eigenvalue weighted by atomic mass is 32.1. The maximum absolute atomic E-state index is 8.80. The number of aromatic nitrogens is 3. The van der Waals surface area contributed by atoms with Crippen LogP contribution in [0.3, 0.4) is 0 Å². The molecule has 0 fully saturated rings. The first-order chi connectivity index (χ1) is 23.7. The molecule has 0 aliphatic heterocycles. The molecule has 6 aromatic carbocycles. The van der Waals surface area contributed by atoms with Gasteiger partial charge in [0.1, 0.15) is 5.71 Å². The van der Waals surface area contributed by atoms with Gasteiger partial charge in [-0.3, -0.25) is 10.8 Å². The highest BCUT2D eigenvalue weighted by Crippen LogP contribution is 2.40.